The number of barbiturate groups is 1. The van der Waals surface area contributed by atoms with Crippen LogP contribution in [0.4, 0.5) is 10.5 Å². The summed E-state index contributed by atoms with van der Waals surface area (Å²) in [7, 11) is 1.47. The van der Waals surface area contributed by atoms with E-state index in [1.807, 2.05) is 13.8 Å². The zero-order valence-corrected chi connectivity index (χ0v) is 20.3. The van der Waals surface area contributed by atoms with Crippen molar-refractivity contribution in [1.29, 1.82) is 0 Å². The van der Waals surface area contributed by atoms with Gasteiger partial charge in [-0.15, -0.1) is 0 Å². The molecule has 168 valence electrons. The maximum Gasteiger partial charge on any atom is 0.335 e. The molecule has 4 amide bonds. The highest BCUT2D eigenvalue weighted by atomic mass is 79.9. The summed E-state index contributed by atoms with van der Waals surface area (Å²) >= 11 is 9.76. The number of nitrogens with zero attached hydrogens (tertiary/aromatic N) is 1. The van der Waals surface area contributed by atoms with Crippen LogP contribution in [-0.4, -0.2) is 31.1 Å². The van der Waals surface area contributed by atoms with Gasteiger partial charge in [0.25, 0.3) is 11.8 Å². The van der Waals surface area contributed by atoms with Crippen LogP contribution in [0.5, 0.6) is 11.5 Å². The van der Waals surface area contributed by atoms with Gasteiger partial charge in [0.2, 0.25) is 0 Å². The zero-order chi connectivity index (χ0) is 23.6. The molecule has 3 rings (SSSR count). The molecule has 0 unspecified atom stereocenters. The Morgan fingerprint density at radius 1 is 1.22 bits per heavy atom. The van der Waals surface area contributed by atoms with Gasteiger partial charge < -0.3 is 9.47 Å². The molecule has 0 aromatic heterocycles. The van der Waals surface area contributed by atoms with E-state index in [0.717, 1.165) is 15.8 Å². The normalized spacial score (nSPS) is 16.2. The second-order valence-corrected chi connectivity index (χ2v) is 8.58. The number of benzene rings is 2. The monoisotopic (exact) mass is 520 g/mol. The molecule has 0 saturated carbocycles. The first-order valence-electron chi connectivity index (χ1n) is 9.88. The smallest absolute Gasteiger partial charge is 0.335 e. The van der Waals surface area contributed by atoms with Crippen LogP contribution in [0.1, 0.15) is 31.4 Å². The van der Waals surface area contributed by atoms with Crippen molar-refractivity contribution in [3.63, 3.8) is 0 Å². The Bertz CT molecular complexity index is 1130. The second-order valence-electron chi connectivity index (χ2n) is 7.26. The van der Waals surface area contributed by atoms with Gasteiger partial charge in [0.1, 0.15) is 5.57 Å². The Kier molecular flexibility index (Phi) is 7.26. The molecule has 2 aromatic rings. The first-order valence-corrected chi connectivity index (χ1v) is 11.0. The van der Waals surface area contributed by atoms with Gasteiger partial charge in [-0.2, -0.15) is 0 Å². The molecule has 9 heteroatoms. The van der Waals surface area contributed by atoms with Gasteiger partial charge in [-0.1, -0.05) is 34.5 Å². The number of ether oxygens (including phenoxy) is 2. The highest BCUT2D eigenvalue weighted by Gasteiger charge is 2.37. The van der Waals surface area contributed by atoms with Gasteiger partial charge in [0, 0.05) is 4.47 Å². The van der Waals surface area contributed by atoms with Crippen LogP contribution >= 0.6 is 27.5 Å². The van der Waals surface area contributed by atoms with E-state index in [1.165, 1.54) is 13.2 Å². The van der Waals surface area contributed by atoms with Gasteiger partial charge in [0.05, 0.1) is 23.9 Å². The summed E-state index contributed by atoms with van der Waals surface area (Å²) < 4.78 is 12.0. The number of carbonyl (C=O) groups is 3. The summed E-state index contributed by atoms with van der Waals surface area (Å²) in [6.45, 7) is 5.66. The van der Waals surface area contributed by atoms with Crippen LogP contribution in [0.25, 0.3) is 6.08 Å². The SMILES string of the molecule is CC[C@H](C)Oc1c(Cl)cc(/C=C2\C(=O)NC(=O)N(c3ccc(Br)cc3C)C2=O)cc1OC. The third-order valence-electron chi connectivity index (χ3n) is 4.96. The number of hydrogen-bond acceptors (Lipinski definition) is 5. The Morgan fingerprint density at radius 3 is 2.56 bits per heavy atom. The van der Waals surface area contributed by atoms with Crippen molar-refractivity contribution in [2.45, 2.75) is 33.3 Å². The highest BCUT2D eigenvalue weighted by molar-refractivity contribution is 9.10. The average molecular weight is 522 g/mol. The maximum atomic E-state index is 13.2. The lowest BCUT2D eigenvalue weighted by molar-refractivity contribution is -0.122. The maximum absolute atomic E-state index is 13.2. The molecule has 1 heterocycles. The number of amides is 4. The van der Waals surface area contributed by atoms with Crippen molar-refractivity contribution in [3.05, 3.63) is 56.5 Å². The number of carbonyl (C=O) groups excluding carboxylic acids is 3. The standard InChI is InChI=1S/C23H22BrClN2O5/c1-5-13(3)32-20-17(25)10-14(11-19(20)31-4)9-16-21(28)26-23(30)27(22(16)29)18-7-6-15(24)8-12(18)2/h6-11,13H,5H2,1-4H3,(H,26,28,30)/b16-9+/t13-/m0/s1. The van der Waals surface area contributed by atoms with E-state index in [-0.39, 0.29) is 16.7 Å². The number of rotatable bonds is 6. The van der Waals surface area contributed by atoms with Crippen LogP contribution in [0.2, 0.25) is 5.02 Å². The van der Waals surface area contributed by atoms with Gasteiger partial charge in [-0.3, -0.25) is 14.9 Å². The molecule has 2 aromatic carbocycles. The number of halogens is 2. The van der Waals surface area contributed by atoms with Gasteiger partial charge in [-0.25, -0.2) is 9.69 Å². The fourth-order valence-electron chi connectivity index (χ4n) is 3.13. The molecule has 1 N–H and O–H groups in total. The van der Waals surface area contributed by atoms with Crippen molar-refractivity contribution in [2.24, 2.45) is 0 Å². The largest absolute Gasteiger partial charge is 0.493 e. The number of hydrogen-bond donors (Lipinski definition) is 1. The Hall–Kier alpha value is -2.84. The van der Waals surface area contributed by atoms with Crippen LogP contribution in [-0.2, 0) is 9.59 Å². The molecule has 1 saturated heterocycles. The van der Waals surface area contributed by atoms with Gasteiger partial charge in [-0.05, 0) is 67.8 Å². The van der Waals surface area contributed by atoms with Gasteiger partial charge >= 0.3 is 6.03 Å². The van der Waals surface area contributed by atoms with Crippen molar-refractivity contribution in [2.75, 3.05) is 12.0 Å². The van der Waals surface area contributed by atoms with Crippen molar-refractivity contribution in [1.82, 2.24) is 5.32 Å². The third-order valence-corrected chi connectivity index (χ3v) is 5.73. The van der Waals surface area contributed by atoms with Crippen molar-refractivity contribution < 1.29 is 23.9 Å². The Balaban J connectivity index is 2.03. The molecule has 1 atom stereocenters. The summed E-state index contributed by atoms with van der Waals surface area (Å²) in [5.74, 6) is -0.780. The molecule has 32 heavy (non-hydrogen) atoms. The van der Waals surface area contributed by atoms with E-state index in [4.69, 9.17) is 21.1 Å². The van der Waals surface area contributed by atoms with Crippen LogP contribution in [0.15, 0.2) is 40.4 Å². The number of urea groups is 1. The molecule has 0 bridgehead atoms. The summed E-state index contributed by atoms with van der Waals surface area (Å²) in [5, 5.41) is 2.49. The molecule has 1 aliphatic rings. The topological polar surface area (TPSA) is 84.9 Å². The van der Waals surface area contributed by atoms with Crippen molar-refractivity contribution >= 4 is 57.1 Å². The van der Waals surface area contributed by atoms with E-state index in [1.54, 1.807) is 37.3 Å². The summed E-state index contributed by atoms with van der Waals surface area (Å²) in [6, 6.07) is 7.49. The molecular formula is C23H22BrClN2O5. The second kappa shape index (κ2) is 9.75. The summed E-state index contributed by atoms with van der Waals surface area (Å²) in [5.41, 5.74) is 1.30. The van der Waals surface area contributed by atoms with Gasteiger partial charge in [0.15, 0.2) is 11.5 Å². The Morgan fingerprint density at radius 2 is 1.94 bits per heavy atom. The Labute approximate surface area is 199 Å². The molecule has 7 nitrogen and oxygen atoms in total. The average Bonchev–Trinajstić information content (AvgIpc) is 2.73. The first kappa shape index (κ1) is 23.8. The number of aryl methyl sites for hydroxylation is 1. The molecule has 0 spiro atoms. The fraction of sp³-hybridized carbons (Fsp3) is 0.261. The molecule has 0 radical (unpaired) electrons. The minimum atomic E-state index is -0.810. The lowest BCUT2D eigenvalue weighted by Crippen LogP contribution is -2.54. The predicted molar refractivity (Wildman–Crippen MR) is 126 cm³/mol. The molecule has 0 aliphatic carbocycles. The molecule has 1 aliphatic heterocycles. The van der Waals surface area contributed by atoms with E-state index >= 15 is 0 Å². The van der Waals surface area contributed by atoms with Crippen molar-refractivity contribution in [3.8, 4) is 11.5 Å². The van der Waals surface area contributed by atoms with Crippen LogP contribution in [0.3, 0.4) is 0 Å². The lowest BCUT2D eigenvalue weighted by atomic mass is 10.1. The zero-order valence-electron chi connectivity index (χ0n) is 18.0. The number of methoxy groups -OCH3 is 1. The van der Waals surface area contributed by atoms with Crippen LogP contribution in [0, 0.1) is 6.92 Å². The predicted octanol–water partition coefficient (Wildman–Crippen LogP) is 5.26. The number of imide groups is 2. The number of anilines is 1. The minimum Gasteiger partial charge on any atom is -0.493 e. The van der Waals surface area contributed by atoms with E-state index in [0.29, 0.717) is 28.3 Å². The van der Waals surface area contributed by atoms with E-state index in [9.17, 15) is 14.4 Å². The molecule has 1 fully saturated rings. The summed E-state index contributed by atoms with van der Waals surface area (Å²) in [6.07, 6.45) is 2.07. The van der Waals surface area contributed by atoms with E-state index < -0.39 is 17.8 Å². The quantitative estimate of drug-likeness (QED) is 0.414. The van der Waals surface area contributed by atoms with E-state index in [2.05, 4.69) is 21.2 Å². The third kappa shape index (κ3) is 4.81. The fourth-order valence-corrected chi connectivity index (χ4v) is 3.87. The lowest BCUT2D eigenvalue weighted by Gasteiger charge is -2.27. The van der Waals surface area contributed by atoms with Crippen LogP contribution < -0.4 is 19.7 Å². The number of nitrogens with one attached hydrogen (secondary N) is 1. The molecular weight excluding hydrogens is 500 g/mol. The minimum absolute atomic E-state index is 0.0787. The first-order chi connectivity index (χ1) is 15.2. The summed E-state index contributed by atoms with van der Waals surface area (Å²) in [4.78, 5) is 39.0. The highest BCUT2D eigenvalue weighted by Crippen LogP contribution is 2.38.